The third kappa shape index (κ3) is 7.50. The maximum atomic E-state index is 12.6. The number of aliphatic hydroxyl groups is 1. The largest absolute Gasteiger partial charge is 0.387 e. The zero-order chi connectivity index (χ0) is 28.0. The van der Waals surface area contributed by atoms with Crippen LogP contribution >= 0.6 is 0 Å². The van der Waals surface area contributed by atoms with E-state index in [1.54, 1.807) is 60.9 Å². The molecular weight excluding hydrogens is 518 g/mol. The number of hydrogen-bond donors (Lipinski definition) is 3. The van der Waals surface area contributed by atoms with Crippen molar-refractivity contribution >= 4 is 21.4 Å². The molecule has 0 spiro atoms. The predicted octanol–water partition coefficient (Wildman–Crippen LogP) is 4.75. The van der Waals surface area contributed by atoms with Crippen LogP contribution < -0.4 is 10.0 Å². The molecule has 3 aromatic carbocycles. The molecule has 0 unspecified atom stereocenters. The van der Waals surface area contributed by atoms with Crippen LogP contribution in [0.4, 0.5) is 11.4 Å². The van der Waals surface area contributed by atoms with Crippen molar-refractivity contribution in [3.05, 3.63) is 107 Å². The van der Waals surface area contributed by atoms with Crippen LogP contribution in [0.1, 0.15) is 31.9 Å². The second-order valence-corrected chi connectivity index (χ2v) is 11.6. The van der Waals surface area contributed by atoms with Gasteiger partial charge in [-0.1, -0.05) is 30.3 Å². The van der Waals surface area contributed by atoms with Crippen LogP contribution in [0, 0.1) is 10.1 Å². The van der Waals surface area contributed by atoms with Crippen LogP contribution in [0.3, 0.4) is 0 Å². The van der Waals surface area contributed by atoms with Crippen molar-refractivity contribution in [1.82, 2.24) is 14.9 Å². The van der Waals surface area contributed by atoms with Gasteiger partial charge in [0, 0.05) is 48.2 Å². The van der Waals surface area contributed by atoms with Crippen molar-refractivity contribution in [3.63, 3.8) is 0 Å². The van der Waals surface area contributed by atoms with Gasteiger partial charge in [-0.2, -0.15) is 0 Å². The molecule has 0 fully saturated rings. The molecule has 39 heavy (non-hydrogen) atoms. The van der Waals surface area contributed by atoms with Gasteiger partial charge in [-0.05, 0) is 62.2 Å². The second kappa shape index (κ2) is 11.8. The van der Waals surface area contributed by atoms with Crippen LogP contribution in [0.5, 0.6) is 0 Å². The molecule has 0 aliphatic rings. The highest BCUT2D eigenvalue weighted by Gasteiger charge is 2.20. The van der Waals surface area contributed by atoms with Crippen LogP contribution in [0.2, 0.25) is 0 Å². The number of benzene rings is 3. The molecule has 10 nitrogen and oxygen atoms in total. The Balaban J connectivity index is 1.31. The van der Waals surface area contributed by atoms with E-state index in [1.165, 1.54) is 24.3 Å². The van der Waals surface area contributed by atoms with Crippen LogP contribution in [-0.2, 0) is 16.6 Å². The van der Waals surface area contributed by atoms with Gasteiger partial charge in [0.25, 0.3) is 15.7 Å². The van der Waals surface area contributed by atoms with Crippen molar-refractivity contribution in [1.29, 1.82) is 0 Å². The first-order chi connectivity index (χ1) is 18.5. The summed E-state index contributed by atoms with van der Waals surface area (Å²) in [4.78, 5) is 15.0. The van der Waals surface area contributed by atoms with Gasteiger partial charge in [0.2, 0.25) is 0 Å². The van der Waals surface area contributed by atoms with Gasteiger partial charge in [0.1, 0.15) is 0 Å². The number of aromatic nitrogens is 2. The first kappa shape index (κ1) is 28.0. The summed E-state index contributed by atoms with van der Waals surface area (Å²) >= 11 is 0. The van der Waals surface area contributed by atoms with Gasteiger partial charge in [-0.15, -0.1) is 0 Å². The average molecular weight is 550 g/mol. The van der Waals surface area contributed by atoms with E-state index in [4.69, 9.17) is 0 Å². The number of aryl methyl sites for hydroxylation is 1. The van der Waals surface area contributed by atoms with E-state index in [0.717, 1.165) is 17.7 Å². The summed E-state index contributed by atoms with van der Waals surface area (Å²) in [5.41, 5.74) is 2.22. The number of nitrogens with one attached hydrogen (secondary N) is 2. The Morgan fingerprint density at radius 2 is 1.77 bits per heavy atom. The van der Waals surface area contributed by atoms with Crippen LogP contribution in [-0.4, -0.2) is 40.1 Å². The number of β-amino-alcohol motifs (C(OH)–C–C–N with tert-alkyl or cyclic N) is 1. The zero-order valence-corrected chi connectivity index (χ0v) is 22.5. The molecule has 11 heteroatoms. The normalized spacial score (nSPS) is 12.7. The Morgan fingerprint density at radius 3 is 2.46 bits per heavy atom. The summed E-state index contributed by atoms with van der Waals surface area (Å²) in [5.74, 6) is 0. The number of imidazole rings is 1. The van der Waals surface area contributed by atoms with Crippen LogP contribution in [0.15, 0.2) is 96.3 Å². The first-order valence-corrected chi connectivity index (χ1v) is 13.9. The molecule has 0 aliphatic carbocycles. The number of nitrogens with zero attached hydrogens (tertiary/aromatic N) is 3. The van der Waals surface area contributed by atoms with E-state index in [0.29, 0.717) is 17.8 Å². The fourth-order valence-corrected chi connectivity index (χ4v) is 5.07. The lowest BCUT2D eigenvalue weighted by Gasteiger charge is -2.28. The highest BCUT2D eigenvalue weighted by Crippen LogP contribution is 2.23. The first-order valence-electron chi connectivity index (χ1n) is 12.4. The van der Waals surface area contributed by atoms with Gasteiger partial charge >= 0.3 is 0 Å². The summed E-state index contributed by atoms with van der Waals surface area (Å²) in [6.45, 7) is 5.03. The summed E-state index contributed by atoms with van der Waals surface area (Å²) in [6.07, 6.45) is 3.53. The molecule has 0 aliphatic heterocycles. The summed E-state index contributed by atoms with van der Waals surface area (Å²) in [7, 11) is -3.73. The fraction of sp³-hybridized carbons (Fsp3) is 0.250. The van der Waals surface area contributed by atoms with E-state index in [-0.39, 0.29) is 22.7 Å². The molecule has 0 radical (unpaired) electrons. The van der Waals surface area contributed by atoms with Crippen molar-refractivity contribution < 1.29 is 18.4 Å². The molecule has 1 heterocycles. The predicted molar refractivity (Wildman–Crippen MR) is 150 cm³/mol. The topological polar surface area (TPSA) is 139 Å². The Labute approximate surface area is 227 Å². The zero-order valence-electron chi connectivity index (χ0n) is 21.7. The highest BCUT2D eigenvalue weighted by molar-refractivity contribution is 7.92. The van der Waals surface area contributed by atoms with Crippen molar-refractivity contribution in [2.45, 2.75) is 43.4 Å². The van der Waals surface area contributed by atoms with Crippen molar-refractivity contribution in [3.8, 4) is 11.3 Å². The number of hydrogen-bond acceptors (Lipinski definition) is 7. The third-order valence-electron chi connectivity index (χ3n) is 6.35. The molecule has 3 N–H and O–H groups in total. The molecular formula is C28H31N5O5S. The number of non-ortho nitro benzene ring substituents is 1. The SMILES string of the molecule is CC(C)(CCn1cnc(-c2ccc([N+](=O)[O-])cc2)c1)NC[C@@H](O)c1cccc(NS(=O)(=O)c2ccccc2)c1. The smallest absolute Gasteiger partial charge is 0.269 e. The van der Waals surface area contributed by atoms with Gasteiger partial charge in [0.15, 0.2) is 0 Å². The number of sulfonamides is 1. The second-order valence-electron chi connectivity index (χ2n) is 9.88. The highest BCUT2D eigenvalue weighted by atomic mass is 32.2. The van der Waals surface area contributed by atoms with E-state index in [9.17, 15) is 23.6 Å². The summed E-state index contributed by atoms with van der Waals surface area (Å²) < 4.78 is 29.8. The number of anilines is 1. The van der Waals surface area contributed by atoms with E-state index in [1.807, 2.05) is 24.6 Å². The monoisotopic (exact) mass is 549 g/mol. The molecule has 1 atom stereocenters. The standard InChI is InChI=1S/C28H31N5O5S/c1-28(2,15-16-32-19-26(29-20-32)21-11-13-24(14-12-21)33(35)36)30-18-27(34)22-7-6-8-23(17-22)31-39(37,38)25-9-4-3-5-10-25/h3-14,17,19-20,27,30-31,34H,15-16,18H2,1-2H3/t27-/m1/s1. The van der Waals surface area contributed by atoms with Gasteiger partial charge in [-0.25, -0.2) is 13.4 Å². The molecule has 4 rings (SSSR count). The van der Waals surface area contributed by atoms with Crippen molar-refractivity contribution in [2.75, 3.05) is 11.3 Å². The maximum Gasteiger partial charge on any atom is 0.269 e. The third-order valence-corrected chi connectivity index (χ3v) is 7.75. The molecule has 0 bridgehead atoms. The molecule has 4 aromatic rings. The Kier molecular flexibility index (Phi) is 8.44. The van der Waals surface area contributed by atoms with E-state index < -0.39 is 21.1 Å². The van der Waals surface area contributed by atoms with Crippen molar-refractivity contribution in [2.24, 2.45) is 0 Å². The minimum atomic E-state index is -3.73. The lowest BCUT2D eigenvalue weighted by molar-refractivity contribution is -0.384. The molecule has 204 valence electrons. The lowest BCUT2D eigenvalue weighted by Crippen LogP contribution is -2.42. The van der Waals surface area contributed by atoms with E-state index >= 15 is 0 Å². The quantitative estimate of drug-likeness (QED) is 0.171. The van der Waals surface area contributed by atoms with Gasteiger partial charge in [-0.3, -0.25) is 14.8 Å². The lowest BCUT2D eigenvalue weighted by atomic mass is 9.99. The maximum absolute atomic E-state index is 12.6. The summed E-state index contributed by atoms with van der Waals surface area (Å²) in [5, 5.41) is 25.0. The minimum absolute atomic E-state index is 0.0356. The Morgan fingerprint density at radius 1 is 1.05 bits per heavy atom. The van der Waals surface area contributed by atoms with E-state index in [2.05, 4.69) is 15.0 Å². The Bertz CT molecular complexity index is 1520. The number of nitro benzene ring substituents is 1. The molecule has 0 amide bonds. The number of aliphatic hydroxyl groups excluding tert-OH is 1. The van der Waals surface area contributed by atoms with Crippen LogP contribution in [0.25, 0.3) is 11.3 Å². The average Bonchev–Trinajstić information content (AvgIpc) is 3.40. The molecule has 1 aromatic heterocycles. The fourth-order valence-electron chi connectivity index (χ4n) is 4.00. The summed E-state index contributed by atoms with van der Waals surface area (Å²) in [6, 6.07) is 21.1. The molecule has 0 saturated carbocycles. The number of rotatable bonds is 12. The minimum Gasteiger partial charge on any atom is -0.387 e. The van der Waals surface area contributed by atoms with Gasteiger partial charge in [0.05, 0.1) is 27.9 Å². The molecule has 0 saturated heterocycles. The van der Waals surface area contributed by atoms with Gasteiger partial charge < -0.3 is 15.0 Å². The number of nitro groups is 1. The Hall–Kier alpha value is -4.06.